The Labute approximate surface area is 90.3 Å². The molecular weight excluding hydrogens is 224 g/mol. The fourth-order valence-corrected chi connectivity index (χ4v) is 2.19. The average molecular weight is 233 g/mol. The standard InChI is InChI=1S/C7H9ClN4OS/c1-11-2-3-12(7(11)13)4-5-9-10-6(8)14-5/h2-4H2,1H3. The number of carbonyl (C=O) groups excluding carboxylic acids is 1. The molecule has 0 bridgehead atoms. The summed E-state index contributed by atoms with van der Waals surface area (Å²) < 4.78 is 0.417. The van der Waals surface area contributed by atoms with Crippen LogP contribution in [-0.2, 0) is 6.54 Å². The normalized spacial score (nSPS) is 16.9. The first-order valence-electron chi connectivity index (χ1n) is 4.15. The molecule has 1 aliphatic rings. The maximum absolute atomic E-state index is 11.5. The first-order valence-corrected chi connectivity index (χ1v) is 5.34. The quantitative estimate of drug-likeness (QED) is 0.766. The van der Waals surface area contributed by atoms with Crippen LogP contribution < -0.4 is 0 Å². The smallest absolute Gasteiger partial charge is 0.320 e. The second-order valence-electron chi connectivity index (χ2n) is 3.07. The molecule has 1 saturated heterocycles. The van der Waals surface area contributed by atoms with Gasteiger partial charge in [0, 0.05) is 20.1 Å². The van der Waals surface area contributed by atoms with E-state index in [4.69, 9.17) is 11.6 Å². The Bertz CT molecular complexity index is 355. The lowest BCUT2D eigenvalue weighted by Gasteiger charge is -2.13. The highest BCUT2D eigenvalue weighted by atomic mass is 35.5. The number of aromatic nitrogens is 2. The van der Waals surface area contributed by atoms with Crippen molar-refractivity contribution in [1.29, 1.82) is 0 Å². The predicted octanol–water partition coefficient (Wildman–Crippen LogP) is 1.06. The van der Waals surface area contributed by atoms with Gasteiger partial charge in [0.1, 0.15) is 5.01 Å². The van der Waals surface area contributed by atoms with Crippen molar-refractivity contribution in [3.63, 3.8) is 0 Å². The molecule has 1 aromatic heterocycles. The third-order valence-electron chi connectivity index (χ3n) is 2.07. The summed E-state index contributed by atoms with van der Waals surface area (Å²) in [5, 5.41) is 8.32. The molecule has 1 fully saturated rings. The van der Waals surface area contributed by atoms with Crippen molar-refractivity contribution >= 4 is 29.0 Å². The molecule has 0 spiro atoms. The minimum atomic E-state index is 0.0383. The molecule has 0 atom stereocenters. The molecule has 0 radical (unpaired) electrons. The van der Waals surface area contributed by atoms with Crippen molar-refractivity contribution in [3.8, 4) is 0 Å². The molecule has 0 unspecified atom stereocenters. The third kappa shape index (κ3) is 1.80. The Hall–Kier alpha value is -0.880. The van der Waals surface area contributed by atoms with E-state index >= 15 is 0 Å². The maximum atomic E-state index is 11.5. The topological polar surface area (TPSA) is 49.3 Å². The lowest BCUT2D eigenvalue weighted by Crippen LogP contribution is -2.28. The highest BCUT2D eigenvalue weighted by Gasteiger charge is 2.25. The number of urea groups is 1. The van der Waals surface area contributed by atoms with Crippen LogP contribution in [0.2, 0.25) is 4.47 Å². The van der Waals surface area contributed by atoms with Crippen molar-refractivity contribution in [1.82, 2.24) is 20.0 Å². The number of hydrogen-bond donors (Lipinski definition) is 0. The maximum Gasteiger partial charge on any atom is 0.320 e. The lowest BCUT2D eigenvalue weighted by atomic mass is 10.5. The van der Waals surface area contributed by atoms with Crippen LogP contribution in [0, 0.1) is 0 Å². The number of hydrogen-bond acceptors (Lipinski definition) is 4. The van der Waals surface area contributed by atoms with E-state index < -0.39 is 0 Å². The van der Waals surface area contributed by atoms with Crippen LogP contribution in [-0.4, -0.2) is 46.2 Å². The zero-order chi connectivity index (χ0) is 10.1. The monoisotopic (exact) mass is 232 g/mol. The Morgan fingerprint density at radius 3 is 2.79 bits per heavy atom. The zero-order valence-corrected chi connectivity index (χ0v) is 9.18. The summed E-state index contributed by atoms with van der Waals surface area (Å²) >= 11 is 6.95. The van der Waals surface area contributed by atoms with Gasteiger partial charge in [-0.1, -0.05) is 11.3 Å². The summed E-state index contributed by atoms with van der Waals surface area (Å²) in [7, 11) is 1.79. The van der Waals surface area contributed by atoms with Crippen molar-refractivity contribution in [2.24, 2.45) is 0 Å². The first-order chi connectivity index (χ1) is 6.66. The van der Waals surface area contributed by atoms with Gasteiger partial charge < -0.3 is 9.80 Å². The van der Waals surface area contributed by atoms with Crippen LogP contribution in [0.5, 0.6) is 0 Å². The van der Waals surface area contributed by atoms with E-state index in [9.17, 15) is 4.79 Å². The van der Waals surface area contributed by atoms with Gasteiger partial charge in [-0.2, -0.15) is 0 Å². The average Bonchev–Trinajstić information content (AvgIpc) is 2.67. The molecule has 2 amide bonds. The Kier molecular flexibility index (Phi) is 2.56. The van der Waals surface area contributed by atoms with Gasteiger partial charge in [0.05, 0.1) is 6.54 Å². The molecule has 14 heavy (non-hydrogen) atoms. The Balaban J connectivity index is 2.02. The molecule has 0 aliphatic carbocycles. The van der Waals surface area contributed by atoms with Gasteiger partial charge in [0.25, 0.3) is 0 Å². The fourth-order valence-electron chi connectivity index (χ4n) is 1.31. The minimum absolute atomic E-state index is 0.0383. The molecule has 1 aliphatic heterocycles. The van der Waals surface area contributed by atoms with Gasteiger partial charge in [-0.3, -0.25) is 0 Å². The van der Waals surface area contributed by atoms with Gasteiger partial charge in [0.15, 0.2) is 0 Å². The van der Waals surface area contributed by atoms with Gasteiger partial charge in [0.2, 0.25) is 4.47 Å². The van der Waals surface area contributed by atoms with Gasteiger partial charge in [-0.15, -0.1) is 10.2 Å². The van der Waals surface area contributed by atoms with Crippen molar-refractivity contribution in [2.75, 3.05) is 20.1 Å². The van der Waals surface area contributed by atoms with Crippen molar-refractivity contribution in [3.05, 3.63) is 9.47 Å². The van der Waals surface area contributed by atoms with E-state index in [1.54, 1.807) is 16.8 Å². The van der Waals surface area contributed by atoms with E-state index in [2.05, 4.69) is 10.2 Å². The molecular formula is C7H9ClN4OS. The van der Waals surface area contributed by atoms with Gasteiger partial charge >= 0.3 is 6.03 Å². The van der Waals surface area contributed by atoms with E-state index in [1.807, 2.05) is 0 Å². The number of rotatable bonds is 2. The van der Waals surface area contributed by atoms with Crippen molar-refractivity contribution < 1.29 is 4.79 Å². The molecule has 0 saturated carbocycles. The second-order valence-corrected chi connectivity index (χ2v) is 4.72. The largest absolute Gasteiger partial charge is 0.326 e. The van der Waals surface area contributed by atoms with Crippen molar-refractivity contribution in [2.45, 2.75) is 6.54 Å². The summed E-state index contributed by atoms with van der Waals surface area (Å²) in [6, 6.07) is 0.0383. The minimum Gasteiger partial charge on any atom is -0.326 e. The van der Waals surface area contributed by atoms with Crippen LogP contribution in [0.1, 0.15) is 5.01 Å². The number of amides is 2. The highest BCUT2D eigenvalue weighted by Crippen LogP contribution is 2.18. The third-order valence-corrected chi connectivity index (χ3v) is 3.07. The first kappa shape index (κ1) is 9.67. The molecule has 76 valence electrons. The zero-order valence-electron chi connectivity index (χ0n) is 7.60. The predicted molar refractivity (Wildman–Crippen MR) is 53.4 cm³/mol. The number of nitrogens with zero attached hydrogens (tertiary/aromatic N) is 4. The molecule has 7 heteroatoms. The lowest BCUT2D eigenvalue weighted by molar-refractivity contribution is 0.197. The Morgan fingerprint density at radius 2 is 2.29 bits per heavy atom. The Morgan fingerprint density at radius 1 is 1.50 bits per heavy atom. The van der Waals surface area contributed by atoms with Crippen LogP contribution in [0.15, 0.2) is 0 Å². The second kappa shape index (κ2) is 3.70. The van der Waals surface area contributed by atoms with Crippen LogP contribution in [0.4, 0.5) is 4.79 Å². The SMILES string of the molecule is CN1CCN(Cc2nnc(Cl)s2)C1=O. The summed E-state index contributed by atoms with van der Waals surface area (Å²) in [5.41, 5.74) is 0. The molecule has 1 aromatic rings. The fraction of sp³-hybridized carbons (Fsp3) is 0.571. The molecule has 2 rings (SSSR count). The van der Waals surface area contributed by atoms with Gasteiger partial charge in [-0.05, 0) is 11.6 Å². The summed E-state index contributed by atoms with van der Waals surface area (Å²) in [6.07, 6.45) is 0. The molecule has 0 aromatic carbocycles. The van der Waals surface area contributed by atoms with E-state index in [0.29, 0.717) is 11.0 Å². The summed E-state index contributed by atoms with van der Waals surface area (Å²) in [4.78, 5) is 14.9. The summed E-state index contributed by atoms with van der Waals surface area (Å²) in [5.74, 6) is 0. The van der Waals surface area contributed by atoms with E-state index in [0.717, 1.165) is 18.1 Å². The molecule has 2 heterocycles. The highest BCUT2D eigenvalue weighted by molar-refractivity contribution is 7.15. The van der Waals surface area contributed by atoms with E-state index in [1.165, 1.54) is 11.3 Å². The molecule has 0 N–H and O–H groups in total. The van der Waals surface area contributed by atoms with E-state index in [-0.39, 0.29) is 6.03 Å². The summed E-state index contributed by atoms with van der Waals surface area (Å²) in [6.45, 7) is 2.02. The number of likely N-dealkylation sites (N-methyl/N-ethyl adjacent to an activating group) is 1. The number of carbonyl (C=O) groups is 1. The number of halogens is 1. The van der Waals surface area contributed by atoms with Crippen LogP contribution in [0.3, 0.4) is 0 Å². The van der Waals surface area contributed by atoms with Crippen LogP contribution >= 0.6 is 22.9 Å². The molecule has 5 nitrogen and oxygen atoms in total. The van der Waals surface area contributed by atoms with Gasteiger partial charge in [-0.25, -0.2) is 4.79 Å². The van der Waals surface area contributed by atoms with Crippen LogP contribution in [0.25, 0.3) is 0 Å².